The molecule has 282 valence electrons. The zero-order valence-electron chi connectivity index (χ0n) is 28.7. The Kier molecular flexibility index (Phi) is 12.8. The molecule has 12 N–H and O–H groups in total. The van der Waals surface area contributed by atoms with Gasteiger partial charge in [-0.3, -0.25) is 23.5 Å². The minimum Gasteiger partial charge on any atom is -0.399 e. The Morgan fingerprint density at radius 3 is 1.91 bits per heavy atom. The molecule has 0 bridgehead atoms. The number of anilines is 6. The van der Waals surface area contributed by atoms with E-state index in [1.807, 2.05) is 24.3 Å². The van der Waals surface area contributed by atoms with Gasteiger partial charge in [-0.05, 0) is 61.4 Å². The summed E-state index contributed by atoms with van der Waals surface area (Å²) >= 11 is 0. The summed E-state index contributed by atoms with van der Waals surface area (Å²) in [4.78, 5) is 38.4. The lowest BCUT2D eigenvalue weighted by Crippen LogP contribution is -2.28. The second kappa shape index (κ2) is 16.9. The molecule has 1 amide bonds. The highest BCUT2D eigenvalue weighted by atomic mass is 32.2. The van der Waals surface area contributed by atoms with Crippen molar-refractivity contribution >= 4 is 71.8 Å². The predicted molar refractivity (Wildman–Crippen MR) is 203 cm³/mol. The van der Waals surface area contributed by atoms with Crippen molar-refractivity contribution in [2.45, 2.75) is 35.5 Å². The molecule has 53 heavy (non-hydrogen) atoms. The Bertz CT molecular complexity index is 2250. The molecule has 0 aromatic heterocycles. The summed E-state index contributed by atoms with van der Waals surface area (Å²) in [7, 11) is -7.70. The standard InChI is InChI=1S/C20H15N3O8S2.C15H26N4O/c21-9-5-6-12(14(7-9)32(26,27)28)23-13-8-15(33(29,30)31)18(22)17-16(13)19(24)10-3-1-2-4-11(10)20(17)25;1-19(14-8-6-13(17)7-9-14)12-4-2-3-5-15(20)18-11-10-16/h1-8,23H,21-22H2,(H,26,27,28)(H,29,30,31);6-9H,2-5,10-12,16-17H2,1H3,(H,18,20). The van der Waals surface area contributed by atoms with E-state index in [9.17, 15) is 40.3 Å². The molecule has 0 radical (unpaired) electrons. The van der Waals surface area contributed by atoms with Crippen LogP contribution in [0.5, 0.6) is 0 Å². The van der Waals surface area contributed by atoms with Crippen LogP contribution < -0.4 is 38.5 Å². The fourth-order valence-electron chi connectivity index (χ4n) is 5.58. The van der Waals surface area contributed by atoms with Crippen LogP contribution in [0.3, 0.4) is 0 Å². The van der Waals surface area contributed by atoms with Gasteiger partial charge in [0.25, 0.3) is 20.2 Å². The highest BCUT2D eigenvalue weighted by molar-refractivity contribution is 7.86. The average Bonchev–Trinajstić information content (AvgIpc) is 3.10. The largest absolute Gasteiger partial charge is 0.399 e. The number of carbonyl (C=O) groups is 3. The molecule has 4 aromatic carbocycles. The summed E-state index contributed by atoms with van der Waals surface area (Å²) in [5, 5.41) is 5.33. The highest BCUT2D eigenvalue weighted by Gasteiger charge is 2.36. The molecule has 4 aromatic rings. The molecule has 0 atom stereocenters. The number of amides is 1. The topological polar surface area (TPSA) is 291 Å². The lowest BCUT2D eigenvalue weighted by molar-refractivity contribution is -0.121. The first-order valence-corrected chi connectivity index (χ1v) is 19.1. The molecular formula is C35H41N7O9S2. The summed E-state index contributed by atoms with van der Waals surface area (Å²) in [6.07, 6.45) is 3.64. The maximum atomic E-state index is 13.3. The van der Waals surface area contributed by atoms with E-state index in [4.69, 9.17) is 22.9 Å². The molecule has 0 saturated heterocycles. The monoisotopic (exact) mass is 767 g/mol. The minimum atomic E-state index is -4.96. The van der Waals surface area contributed by atoms with Crippen LogP contribution in [-0.2, 0) is 25.0 Å². The summed E-state index contributed by atoms with van der Waals surface area (Å²) < 4.78 is 66.8. The number of benzene rings is 4. The van der Waals surface area contributed by atoms with Gasteiger partial charge in [0.05, 0.1) is 28.2 Å². The van der Waals surface area contributed by atoms with Gasteiger partial charge in [0, 0.05) is 61.3 Å². The van der Waals surface area contributed by atoms with E-state index < -0.39 is 52.8 Å². The normalized spacial score (nSPS) is 12.2. The van der Waals surface area contributed by atoms with Gasteiger partial charge in [0.2, 0.25) is 5.91 Å². The van der Waals surface area contributed by atoms with Gasteiger partial charge in [-0.2, -0.15) is 16.8 Å². The van der Waals surface area contributed by atoms with Crippen molar-refractivity contribution in [2.75, 3.05) is 54.1 Å². The van der Waals surface area contributed by atoms with Crippen molar-refractivity contribution in [1.82, 2.24) is 5.32 Å². The third kappa shape index (κ3) is 9.87. The van der Waals surface area contributed by atoms with Crippen LogP contribution >= 0.6 is 0 Å². The third-order valence-corrected chi connectivity index (χ3v) is 10.0. The van der Waals surface area contributed by atoms with E-state index >= 15 is 0 Å². The molecule has 0 saturated carbocycles. The van der Waals surface area contributed by atoms with Gasteiger partial charge in [-0.15, -0.1) is 0 Å². The number of rotatable bonds is 13. The molecular weight excluding hydrogens is 727 g/mol. The molecule has 18 heteroatoms. The summed E-state index contributed by atoms with van der Waals surface area (Å²) in [6.45, 7) is 2.05. The van der Waals surface area contributed by atoms with Crippen LogP contribution in [0.2, 0.25) is 0 Å². The zero-order chi connectivity index (χ0) is 39.1. The van der Waals surface area contributed by atoms with E-state index in [1.54, 1.807) is 0 Å². The van der Waals surface area contributed by atoms with Crippen molar-refractivity contribution in [3.63, 3.8) is 0 Å². The second-order valence-electron chi connectivity index (χ2n) is 12.1. The molecule has 16 nitrogen and oxygen atoms in total. The number of nitrogens with one attached hydrogen (secondary N) is 2. The van der Waals surface area contributed by atoms with E-state index in [-0.39, 0.29) is 39.7 Å². The van der Waals surface area contributed by atoms with Crippen LogP contribution in [0.25, 0.3) is 0 Å². The quantitative estimate of drug-likeness (QED) is 0.0485. The van der Waals surface area contributed by atoms with Gasteiger partial charge < -0.3 is 38.5 Å². The number of hydrogen-bond donors (Lipinski definition) is 8. The smallest absolute Gasteiger partial charge is 0.296 e. The number of hydrogen-bond acceptors (Lipinski definition) is 13. The molecule has 1 aliphatic rings. The van der Waals surface area contributed by atoms with Gasteiger partial charge >= 0.3 is 0 Å². The number of fused-ring (bicyclic) bond motifs is 2. The first-order valence-electron chi connectivity index (χ1n) is 16.2. The first kappa shape index (κ1) is 40.2. The number of ketones is 2. The van der Waals surface area contributed by atoms with E-state index in [0.29, 0.717) is 19.5 Å². The summed E-state index contributed by atoms with van der Waals surface area (Å²) in [5.74, 6) is -1.36. The average molecular weight is 768 g/mol. The lowest BCUT2D eigenvalue weighted by Gasteiger charge is -2.24. The Labute approximate surface area is 307 Å². The number of nitrogen functional groups attached to an aromatic ring is 3. The number of nitrogens with zero attached hydrogens (tertiary/aromatic N) is 1. The van der Waals surface area contributed by atoms with Gasteiger partial charge in [0.1, 0.15) is 9.79 Å². The Morgan fingerprint density at radius 2 is 1.32 bits per heavy atom. The van der Waals surface area contributed by atoms with E-state index in [0.717, 1.165) is 49.7 Å². The van der Waals surface area contributed by atoms with Crippen LogP contribution in [0.4, 0.5) is 34.1 Å². The fraction of sp³-hybridized carbons (Fsp3) is 0.229. The van der Waals surface area contributed by atoms with Crippen molar-refractivity contribution in [3.8, 4) is 0 Å². The van der Waals surface area contributed by atoms with Crippen molar-refractivity contribution < 1.29 is 40.3 Å². The maximum Gasteiger partial charge on any atom is 0.296 e. The first-order chi connectivity index (χ1) is 24.9. The fourth-order valence-corrected chi connectivity index (χ4v) is 6.90. The van der Waals surface area contributed by atoms with Crippen LogP contribution in [0.1, 0.15) is 57.5 Å². The summed E-state index contributed by atoms with van der Waals surface area (Å²) in [6, 6.07) is 17.8. The van der Waals surface area contributed by atoms with Gasteiger partial charge in [-0.1, -0.05) is 30.7 Å². The maximum absolute atomic E-state index is 13.3. The molecule has 0 unspecified atom stereocenters. The van der Waals surface area contributed by atoms with Crippen molar-refractivity contribution in [3.05, 3.63) is 95.1 Å². The minimum absolute atomic E-state index is 0.00804. The van der Waals surface area contributed by atoms with Gasteiger partial charge in [0.15, 0.2) is 11.6 Å². The Hall–Kier alpha value is -5.53. The van der Waals surface area contributed by atoms with E-state index in [1.165, 1.54) is 36.0 Å². The Balaban J connectivity index is 0.000000269. The van der Waals surface area contributed by atoms with Crippen LogP contribution in [0, 0.1) is 0 Å². The van der Waals surface area contributed by atoms with Crippen molar-refractivity contribution in [1.29, 1.82) is 0 Å². The SMILES string of the molecule is CN(CCCCCC(=O)NCCN)c1ccc(N)cc1.Nc1ccc(Nc2cc(S(=O)(=O)O)c(N)c3c2C(=O)c2ccccc2C3=O)c(S(=O)(=O)O)c1. The third-order valence-electron chi connectivity index (χ3n) is 8.23. The van der Waals surface area contributed by atoms with Crippen molar-refractivity contribution in [2.24, 2.45) is 5.73 Å². The van der Waals surface area contributed by atoms with Crippen LogP contribution in [0.15, 0.2) is 82.6 Å². The molecule has 0 aliphatic heterocycles. The molecule has 0 heterocycles. The lowest BCUT2D eigenvalue weighted by atomic mass is 9.82. The second-order valence-corrected chi connectivity index (χ2v) is 14.9. The summed E-state index contributed by atoms with van der Waals surface area (Å²) in [5.41, 5.74) is 22.3. The molecule has 0 fully saturated rings. The van der Waals surface area contributed by atoms with Crippen LogP contribution in [-0.4, -0.2) is 70.1 Å². The molecule has 5 rings (SSSR count). The predicted octanol–water partition coefficient (Wildman–Crippen LogP) is 3.20. The van der Waals surface area contributed by atoms with Gasteiger partial charge in [-0.25, -0.2) is 0 Å². The van der Waals surface area contributed by atoms with E-state index in [2.05, 4.69) is 22.6 Å². The molecule has 1 aliphatic carbocycles. The Morgan fingerprint density at radius 1 is 0.736 bits per heavy atom. The highest BCUT2D eigenvalue weighted by Crippen LogP contribution is 2.41. The zero-order valence-corrected chi connectivity index (χ0v) is 30.3. The number of carbonyl (C=O) groups excluding carboxylic acids is 3. The molecule has 0 spiro atoms. The number of unbranched alkanes of at least 4 members (excludes halogenated alkanes) is 2. The number of nitrogens with two attached hydrogens (primary N) is 4.